The maximum atomic E-state index is 11.8. The molecular weight excluding hydrogens is 300 g/mol. The van der Waals surface area contributed by atoms with E-state index in [4.69, 9.17) is 10.2 Å². The largest absolute Gasteiger partial charge is 0.459 e. The second kappa shape index (κ2) is 7.12. The Hall–Kier alpha value is -3.29. The number of hydrogen-bond acceptors (Lipinski definition) is 5. The average molecular weight is 316 g/mol. The van der Waals surface area contributed by atoms with Crippen LogP contribution in [0.25, 0.3) is 0 Å². The van der Waals surface area contributed by atoms with Crippen molar-refractivity contribution in [2.24, 2.45) is 5.73 Å². The summed E-state index contributed by atoms with van der Waals surface area (Å²) in [6, 6.07) is 8.34. The molecular formula is C15H16N4O4. The Morgan fingerprint density at radius 2 is 1.74 bits per heavy atom. The fourth-order valence-corrected chi connectivity index (χ4v) is 1.80. The Morgan fingerprint density at radius 3 is 2.30 bits per heavy atom. The molecule has 0 aliphatic heterocycles. The number of primary amides is 1. The van der Waals surface area contributed by atoms with Crippen LogP contribution in [0.1, 0.15) is 17.5 Å². The summed E-state index contributed by atoms with van der Waals surface area (Å²) in [5.41, 5.74) is 6.11. The van der Waals surface area contributed by atoms with E-state index in [9.17, 15) is 14.4 Å². The number of carbonyl (C=O) groups is 3. The lowest BCUT2D eigenvalue weighted by Crippen LogP contribution is -2.43. The lowest BCUT2D eigenvalue weighted by molar-refractivity contribution is -0.120. The Bertz CT molecular complexity index is 695. The number of carbonyl (C=O) groups excluding carboxylic acids is 3. The number of nitrogens with one attached hydrogen (secondary N) is 3. The van der Waals surface area contributed by atoms with Gasteiger partial charge in [-0.2, -0.15) is 0 Å². The summed E-state index contributed by atoms with van der Waals surface area (Å²) < 4.78 is 5.00. The minimum absolute atomic E-state index is 0.212. The highest BCUT2D eigenvalue weighted by molar-refractivity contribution is 6.02. The monoisotopic (exact) mass is 316 g/mol. The van der Waals surface area contributed by atoms with Crippen LogP contribution in [0.2, 0.25) is 0 Å². The van der Waals surface area contributed by atoms with Gasteiger partial charge in [0.25, 0.3) is 5.91 Å². The van der Waals surface area contributed by atoms with E-state index < -0.39 is 18.0 Å². The number of amides is 4. The third-order valence-corrected chi connectivity index (χ3v) is 2.91. The summed E-state index contributed by atoms with van der Waals surface area (Å²) in [5, 5.41) is 7.56. The van der Waals surface area contributed by atoms with Crippen molar-refractivity contribution in [2.75, 3.05) is 10.6 Å². The van der Waals surface area contributed by atoms with Crippen LogP contribution >= 0.6 is 0 Å². The molecule has 23 heavy (non-hydrogen) atoms. The zero-order chi connectivity index (χ0) is 16.8. The van der Waals surface area contributed by atoms with Gasteiger partial charge in [0.05, 0.1) is 6.26 Å². The summed E-state index contributed by atoms with van der Waals surface area (Å²) in [5.74, 6) is -0.679. The van der Waals surface area contributed by atoms with Gasteiger partial charge in [-0.1, -0.05) is 0 Å². The van der Waals surface area contributed by atoms with Crippen LogP contribution in [0.4, 0.5) is 16.2 Å². The second-order valence-electron chi connectivity index (χ2n) is 4.73. The summed E-state index contributed by atoms with van der Waals surface area (Å²) in [6.45, 7) is 1.59. The number of imide groups is 1. The van der Waals surface area contributed by atoms with Crippen LogP contribution in [0.5, 0.6) is 0 Å². The normalized spacial score (nSPS) is 11.3. The summed E-state index contributed by atoms with van der Waals surface area (Å²) in [4.78, 5) is 34.0. The Morgan fingerprint density at radius 1 is 1.09 bits per heavy atom. The first-order valence-corrected chi connectivity index (χ1v) is 6.77. The van der Waals surface area contributed by atoms with Crippen molar-refractivity contribution in [3.05, 3.63) is 48.4 Å². The Kier molecular flexibility index (Phi) is 4.98. The molecule has 1 unspecified atom stereocenters. The number of hydrogen-bond donors (Lipinski definition) is 4. The third-order valence-electron chi connectivity index (χ3n) is 2.91. The molecule has 1 atom stereocenters. The minimum Gasteiger partial charge on any atom is -0.459 e. The lowest BCUT2D eigenvalue weighted by atomic mass is 10.2. The van der Waals surface area contributed by atoms with E-state index in [1.165, 1.54) is 6.26 Å². The van der Waals surface area contributed by atoms with Crippen molar-refractivity contribution in [1.29, 1.82) is 0 Å². The maximum Gasteiger partial charge on any atom is 0.318 e. The molecule has 1 aromatic carbocycles. The number of furan rings is 1. The summed E-state index contributed by atoms with van der Waals surface area (Å²) in [7, 11) is 0. The average Bonchev–Trinajstić information content (AvgIpc) is 3.03. The van der Waals surface area contributed by atoms with Gasteiger partial charge in [0.2, 0.25) is 5.91 Å². The fourth-order valence-electron chi connectivity index (χ4n) is 1.80. The van der Waals surface area contributed by atoms with Gasteiger partial charge in [0, 0.05) is 11.4 Å². The lowest BCUT2D eigenvalue weighted by Gasteiger charge is -2.14. The van der Waals surface area contributed by atoms with E-state index in [1.54, 1.807) is 43.3 Å². The van der Waals surface area contributed by atoms with Crippen molar-refractivity contribution in [2.45, 2.75) is 13.0 Å². The quantitative estimate of drug-likeness (QED) is 0.665. The van der Waals surface area contributed by atoms with Gasteiger partial charge in [0.1, 0.15) is 6.04 Å². The molecule has 1 heterocycles. The van der Waals surface area contributed by atoms with Gasteiger partial charge in [-0.05, 0) is 43.3 Å². The van der Waals surface area contributed by atoms with Gasteiger partial charge >= 0.3 is 6.03 Å². The first-order chi connectivity index (χ1) is 11.0. The molecule has 8 nitrogen and oxygen atoms in total. The van der Waals surface area contributed by atoms with Crippen LogP contribution in [0.15, 0.2) is 47.1 Å². The van der Waals surface area contributed by atoms with Crippen LogP contribution in [-0.2, 0) is 4.79 Å². The predicted molar refractivity (Wildman–Crippen MR) is 83.9 cm³/mol. The van der Waals surface area contributed by atoms with Crippen LogP contribution in [0.3, 0.4) is 0 Å². The highest BCUT2D eigenvalue weighted by Crippen LogP contribution is 2.15. The number of benzene rings is 1. The van der Waals surface area contributed by atoms with Crippen LogP contribution in [-0.4, -0.2) is 23.9 Å². The van der Waals surface area contributed by atoms with E-state index in [0.717, 1.165) is 0 Å². The molecule has 0 spiro atoms. The predicted octanol–water partition coefficient (Wildman–Crippen LogP) is 1.53. The van der Waals surface area contributed by atoms with Crippen molar-refractivity contribution in [3.63, 3.8) is 0 Å². The first-order valence-electron chi connectivity index (χ1n) is 6.77. The molecule has 0 aliphatic carbocycles. The Balaban J connectivity index is 1.93. The zero-order valence-electron chi connectivity index (χ0n) is 12.3. The Labute approximate surface area is 132 Å². The topological polar surface area (TPSA) is 126 Å². The smallest absolute Gasteiger partial charge is 0.318 e. The number of nitrogens with two attached hydrogens (primary N) is 1. The van der Waals surface area contributed by atoms with Gasteiger partial charge < -0.3 is 20.8 Å². The van der Waals surface area contributed by atoms with Crippen molar-refractivity contribution >= 4 is 29.2 Å². The molecule has 0 saturated carbocycles. The highest BCUT2D eigenvalue weighted by Gasteiger charge is 2.14. The molecule has 8 heteroatoms. The minimum atomic E-state index is -0.903. The van der Waals surface area contributed by atoms with Crippen molar-refractivity contribution in [1.82, 2.24) is 5.32 Å². The van der Waals surface area contributed by atoms with E-state index in [-0.39, 0.29) is 11.7 Å². The van der Waals surface area contributed by atoms with Gasteiger partial charge in [-0.25, -0.2) is 4.79 Å². The molecule has 0 fully saturated rings. The van der Waals surface area contributed by atoms with E-state index >= 15 is 0 Å². The molecule has 1 aromatic heterocycles. The SMILES string of the molecule is CC(Nc1ccc(NC(=O)c2ccco2)cc1)C(=O)NC(N)=O. The number of rotatable bonds is 5. The summed E-state index contributed by atoms with van der Waals surface area (Å²) >= 11 is 0. The third kappa shape index (κ3) is 4.60. The first kappa shape index (κ1) is 16.1. The molecule has 0 saturated heterocycles. The molecule has 0 aliphatic rings. The van der Waals surface area contributed by atoms with Crippen molar-refractivity contribution in [3.8, 4) is 0 Å². The van der Waals surface area contributed by atoms with Crippen LogP contribution < -0.4 is 21.7 Å². The highest BCUT2D eigenvalue weighted by atomic mass is 16.3. The number of urea groups is 1. The molecule has 5 N–H and O–H groups in total. The molecule has 0 bridgehead atoms. The molecule has 2 rings (SSSR count). The molecule has 4 amide bonds. The molecule has 2 aromatic rings. The van der Waals surface area contributed by atoms with E-state index in [2.05, 4.69) is 10.6 Å². The van der Waals surface area contributed by atoms with Gasteiger partial charge in [-0.3, -0.25) is 14.9 Å². The fraction of sp³-hybridized carbons (Fsp3) is 0.133. The van der Waals surface area contributed by atoms with Gasteiger partial charge in [-0.15, -0.1) is 0 Å². The zero-order valence-corrected chi connectivity index (χ0v) is 12.3. The standard InChI is InChI=1S/C15H16N4O4/c1-9(13(20)19-15(16)22)17-10-4-6-11(7-5-10)18-14(21)12-3-2-8-23-12/h2-9,17H,1H3,(H,18,21)(H3,16,19,20,22). The second-order valence-corrected chi connectivity index (χ2v) is 4.73. The number of anilines is 2. The maximum absolute atomic E-state index is 11.8. The van der Waals surface area contributed by atoms with Crippen molar-refractivity contribution < 1.29 is 18.8 Å². The summed E-state index contributed by atoms with van der Waals surface area (Å²) in [6.07, 6.45) is 1.42. The van der Waals surface area contributed by atoms with E-state index in [1.807, 2.05) is 5.32 Å². The van der Waals surface area contributed by atoms with Gasteiger partial charge in [0.15, 0.2) is 5.76 Å². The van der Waals surface area contributed by atoms with Crippen LogP contribution in [0, 0.1) is 0 Å². The van der Waals surface area contributed by atoms with E-state index in [0.29, 0.717) is 11.4 Å². The molecule has 0 radical (unpaired) electrons. The molecule has 120 valence electrons.